The van der Waals surface area contributed by atoms with Gasteiger partial charge in [0.25, 0.3) is 0 Å². The standard InChI is InChI=1S/C15H19N3O/c16-15(7-9-19-10-8-15)14-17-12-3-1-2-4-13(12)18(14)11-5-6-11/h1-4,11H,5-10,16H2. The first-order valence-electron chi connectivity index (χ1n) is 7.12. The van der Waals surface area contributed by atoms with E-state index in [9.17, 15) is 0 Å². The molecule has 0 atom stereocenters. The molecule has 0 unspecified atom stereocenters. The van der Waals surface area contributed by atoms with Gasteiger partial charge in [-0.1, -0.05) is 12.1 Å². The van der Waals surface area contributed by atoms with Crippen LogP contribution in [0, 0.1) is 0 Å². The highest BCUT2D eigenvalue weighted by molar-refractivity contribution is 5.76. The summed E-state index contributed by atoms with van der Waals surface area (Å²) in [6.45, 7) is 1.48. The molecule has 0 bridgehead atoms. The van der Waals surface area contributed by atoms with Crippen molar-refractivity contribution < 1.29 is 4.74 Å². The molecule has 2 aliphatic rings. The van der Waals surface area contributed by atoms with Crippen LogP contribution in [0.2, 0.25) is 0 Å². The molecule has 2 aromatic rings. The maximum atomic E-state index is 6.65. The van der Waals surface area contributed by atoms with Crippen molar-refractivity contribution in [1.29, 1.82) is 0 Å². The Morgan fingerprint density at radius 2 is 1.95 bits per heavy atom. The summed E-state index contributed by atoms with van der Waals surface area (Å²) in [7, 11) is 0. The Morgan fingerprint density at radius 3 is 2.68 bits per heavy atom. The predicted molar refractivity (Wildman–Crippen MR) is 73.9 cm³/mol. The summed E-state index contributed by atoms with van der Waals surface area (Å²) < 4.78 is 7.85. The Balaban J connectivity index is 1.90. The lowest BCUT2D eigenvalue weighted by Gasteiger charge is -2.33. The molecule has 0 amide bonds. The van der Waals surface area contributed by atoms with Crippen molar-refractivity contribution in [3.05, 3.63) is 30.1 Å². The summed E-state index contributed by atoms with van der Waals surface area (Å²) in [5, 5.41) is 0. The van der Waals surface area contributed by atoms with Gasteiger partial charge in [0, 0.05) is 19.3 Å². The van der Waals surface area contributed by atoms with E-state index in [4.69, 9.17) is 15.5 Å². The SMILES string of the molecule is NC1(c2nc3ccccc3n2C2CC2)CCOCC1. The van der Waals surface area contributed by atoms with Crippen LogP contribution in [0.4, 0.5) is 0 Å². The molecule has 1 saturated heterocycles. The Bertz CT molecular complexity index is 609. The van der Waals surface area contributed by atoms with Crippen molar-refractivity contribution in [3.8, 4) is 0 Å². The molecule has 1 aromatic carbocycles. The minimum atomic E-state index is -0.320. The second kappa shape index (κ2) is 4.05. The van der Waals surface area contributed by atoms with Crippen LogP contribution in [0.3, 0.4) is 0 Å². The molecule has 1 aliphatic heterocycles. The average molecular weight is 257 g/mol. The molecule has 4 heteroatoms. The lowest BCUT2D eigenvalue weighted by Crippen LogP contribution is -2.44. The number of aromatic nitrogens is 2. The quantitative estimate of drug-likeness (QED) is 0.898. The second-order valence-electron chi connectivity index (χ2n) is 5.79. The van der Waals surface area contributed by atoms with Crippen LogP contribution in [0.5, 0.6) is 0 Å². The largest absolute Gasteiger partial charge is 0.381 e. The lowest BCUT2D eigenvalue weighted by molar-refractivity contribution is 0.0480. The van der Waals surface area contributed by atoms with Gasteiger partial charge < -0.3 is 15.0 Å². The van der Waals surface area contributed by atoms with Crippen molar-refractivity contribution >= 4 is 11.0 Å². The van der Waals surface area contributed by atoms with E-state index in [1.807, 2.05) is 6.07 Å². The molecule has 1 aliphatic carbocycles. The third-order valence-electron chi connectivity index (χ3n) is 4.34. The smallest absolute Gasteiger partial charge is 0.130 e. The van der Waals surface area contributed by atoms with Gasteiger partial charge in [-0.25, -0.2) is 4.98 Å². The number of benzene rings is 1. The van der Waals surface area contributed by atoms with Crippen molar-refractivity contribution in [1.82, 2.24) is 9.55 Å². The Kier molecular flexibility index (Phi) is 2.44. The maximum absolute atomic E-state index is 6.65. The van der Waals surface area contributed by atoms with E-state index < -0.39 is 0 Å². The van der Waals surface area contributed by atoms with Crippen LogP contribution in [-0.4, -0.2) is 22.8 Å². The van der Waals surface area contributed by atoms with E-state index in [2.05, 4.69) is 22.8 Å². The highest BCUT2D eigenvalue weighted by Crippen LogP contribution is 2.42. The van der Waals surface area contributed by atoms with E-state index in [1.165, 1.54) is 18.4 Å². The zero-order valence-electron chi connectivity index (χ0n) is 11.0. The molecule has 1 aromatic heterocycles. The summed E-state index contributed by atoms with van der Waals surface area (Å²) >= 11 is 0. The minimum absolute atomic E-state index is 0.320. The zero-order chi connectivity index (χ0) is 12.9. The number of ether oxygens (including phenoxy) is 1. The van der Waals surface area contributed by atoms with E-state index in [-0.39, 0.29) is 5.54 Å². The summed E-state index contributed by atoms with van der Waals surface area (Å²) in [4.78, 5) is 4.85. The van der Waals surface area contributed by atoms with Crippen molar-refractivity contribution in [2.24, 2.45) is 5.73 Å². The molecule has 0 spiro atoms. The average Bonchev–Trinajstić information content (AvgIpc) is 3.19. The number of fused-ring (bicyclic) bond motifs is 1. The number of hydrogen-bond donors (Lipinski definition) is 1. The van der Waals surface area contributed by atoms with E-state index in [0.717, 1.165) is 37.4 Å². The van der Waals surface area contributed by atoms with Crippen molar-refractivity contribution in [2.75, 3.05) is 13.2 Å². The molecule has 100 valence electrons. The highest BCUT2D eigenvalue weighted by atomic mass is 16.5. The van der Waals surface area contributed by atoms with Gasteiger partial charge in [-0.15, -0.1) is 0 Å². The number of nitrogens with two attached hydrogens (primary N) is 1. The topological polar surface area (TPSA) is 53.1 Å². The highest BCUT2D eigenvalue weighted by Gasteiger charge is 2.38. The molecule has 4 nitrogen and oxygen atoms in total. The molecular formula is C15H19N3O. The monoisotopic (exact) mass is 257 g/mol. The van der Waals surface area contributed by atoms with Gasteiger partial charge in [-0.2, -0.15) is 0 Å². The first-order chi connectivity index (χ1) is 9.28. The number of rotatable bonds is 2. The Labute approximate surface area is 112 Å². The fraction of sp³-hybridized carbons (Fsp3) is 0.533. The predicted octanol–water partition coefficient (Wildman–Crippen LogP) is 2.34. The van der Waals surface area contributed by atoms with Gasteiger partial charge in [0.05, 0.1) is 16.6 Å². The first kappa shape index (κ1) is 11.4. The Morgan fingerprint density at radius 1 is 1.21 bits per heavy atom. The summed E-state index contributed by atoms with van der Waals surface area (Å²) in [5.74, 6) is 1.07. The molecule has 0 radical (unpaired) electrons. The minimum Gasteiger partial charge on any atom is -0.381 e. The number of nitrogens with zero attached hydrogens (tertiary/aromatic N) is 2. The number of imidazole rings is 1. The second-order valence-corrected chi connectivity index (χ2v) is 5.79. The van der Waals surface area contributed by atoms with Crippen molar-refractivity contribution in [2.45, 2.75) is 37.3 Å². The van der Waals surface area contributed by atoms with Gasteiger partial charge in [0.2, 0.25) is 0 Å². The van der Waals surface area contributed by atoms with Crippen LogP contribution >= 0.6 is 0 Å². The van der Waals surface area contributed by atoms with Crippen molar-refractivity contribution in [3.63, 3.8) is 0 Å². The van der Waals surface area contributed by atoms with Crippen LogP contribution in [-0.2, 0) is 10.3 Å². The van der Waals surface area contributed by atoms with E-state index in [0.29, 0.717) is 6.04 Å². The first-order valence-corrected chi connectivity index (χ1v) is 7.12. The zero-order valence-corrected chi connectivity index (χ0v) is 11.0. The number of hydrogen-bond acceptors (Lipinski definition) is 3. The molecule has 19 heavy (non-hydrogen) atoms. The number of para-hydroxylation sites is 2. The third kappa shape index (κ3) is 1.78. The molecule has 2 N–H and O–H groups in total. The van der Waals surface area contributed by atoms with Crippen LogP contribution < -0.4 is 5.73 Å². The van der Waals surface area contributed by atoms with Crippen LogP contribution in [0.1, 0.15) is 37.5 Å². The van der Waals surface area contributed by atoms with Gasteiger partial charge in [-0.3, -0.25) is 0 Å². The summed E-state index contributed by atoms with van der Waals surface area (Å²) in [6, 6.07) is 8.97. The van der Waals surface area contributed by atoms with Gasteiger partial charge >= 0.3 is 0 Å². The normalized spacial score (nSPS) is 22.8. The summed E-state index contributed by atoms with van der Waals surface area (Å²) in [6.07, 6.45) is 4.23. The van der Waals surface area contributed by atoms with Crippen LogP contribution in [0.15, 0.2) is 24.3 Å². The Hall–Kier alpha value is -1.39. The molecule has 4 rings (SSSR count). The molecule has 2 heterocycles. The van der Waals surface area contributed by atoms with Gasteiger partial charge in [-0.05, 0) is 37.8 Å². The van der Waals surface area contributed by atoms with E-state index in [1.54, 1.807) is 0 Å². The van der Waals surface area contributed by atoms with Gasteiger partial charge in [0.1, 0.15) is 5.82 Å². The van der Waals surface area contributed by atoms with Gasteiger partial charge in [0.15, 0.2) is 0 Å². The van der Waals surface area contributed by atoms with Crippen LogP contribution in [0.25, 0.3) is 11.0 Å². The summed E-state index contributed by atoms with van der Waals surface area (Å²) in [5.41, 5.74) is 8.63. The third-order valence-corrected chi connectivity index (χ3v) is 4.34. The molecule has 2 fully saturated rings. The fourth-order valence-corrected chi connectivity index (χ4v) is 3.06. The molecular weight excluding hydrogens is 238 g/mol. The lowest BCUT2D eigenvalue weighted by atomic mass is 9.90. The van der Waals surface area contributed by atoms with E-state index >= 15 is 0 Å². The maximum Gasteiger partial charge on any atom is 0.130 e. The molecule has 1 saturated carbocycles. The fourth-order valence-electron chi connectivity index (χ4n) is 3.06.